The number of nitrogens with zero attached hydrogens (tertiary/aromatic N) is 3. The van der Waals surface area contributed by atoms with Crippen molar-refractivity contribution < 1.29 is 17.4 Å². The van der Waals surface area contributed by atoms with E-state index in [2.05, 4.69) is 33.6 Å². The number of aryl methyl sites for hydroxylation is 1. The fourth-order valence-corrected chi connectivity index (χ4v) is 6.83. The summed E-state index contributed by atoms with van der Waals surface area (Å²) in [7, 11) is -2.16. The molecule has 0 amide bonds. The monoisotopic (exact) mass is 568 g/mol. The zero-order valence-corrected chi connectivity index (χ0v) is 25.4. The summed E-state index contributed by atoms with van der Waals surface area (Å²) in [4.78, 5) is 13.5. The van der Waals surface area contributed by atoms with Crippen LogP contribution in [0.2, 0.25) is 0 Å². The highest BCUT2D eigenvalue weighted by atomic mass is 32.3. The fraction of sp³-hybridized carbons (Fsp3) is 0.536. The molecule has 1 atom stereocenters. The van der Waals surface area contributed by atoms with Gasteiger partial charge in [-0.05, 0) is 63.5 Å². The van der Waals surface area contributed by atoms with Crippen LogP contribution < -0.4 is 10.8 Å². The first-order valence-electron chi connectivity index (χ1n) is 13.0. The molecule has 38 heavy (non-hydrogen) atoms. The Morgan fingerprint density at radius 3 is 2.39 bits per heavy atom. The summed E-state index contributed by atoms with van der Waals surface area (Å²) in [6, 6.07) is 6.12. The summed E-state index contributed by atoms with van der Waals surface area (Å²) in [5, 5.41) is 3.93. The van der Waals surface area contributed by atoms with Crippen molar-refractivity contribution in [3.63, 3.8) is 0 Å². The van der Waals surface area contributed by atoms with E-state index in [1.807, 2.05) is 33.1 Å². The Morgan fingerprint density at radius 1 is 1.11 bits per heavy atom. The molecule has 0 radical (unpaired) electrons. The molecular formula is C28H40F3N4OPS. The molecule has 0 aliphatic heterocycles. The van der Waals surface area contributed by atoms with Crippen LogP contribution in [0.3, 0.4) is 0 Å². The van der Waals surface area contributed by atoms with Crippen LogP contribution in [-0.4, -0.2) is 51.6 Å². The first-order valence-corrected chi connectivity index (χ1v) is 17.5. The van der Waals surface area contributed by atoms with Crippen LogP contribution in [0.25, 0.3) is 10.9 Å². The van der Waals surface area contributed by atoms with E-state index in [0.29, 0.717) is 35.1 Å². The average molecular weight is 569 g/mol. The minimum atomic E-state index is -3.53. The number of anilines is 1. The van der Waals surface area contributed by atoms with Crippen molar-refractivity contribution in [2.75, 3.05) is 36.4 Å². The summed E-state index contributed by atoms with van der Waals surface area (Å²) in [5.41, 5.74) is -0.716. The van der Waals surface area contributed by atoms with Crippen LogP contribution in [0.4, 0.5) is 19.0 Å². The van der Waals surface area contributed by atoms with Crippen molar-refractivity contribution in [1.29, 1.82) is 0 Å². The number of fused-ring (bicyclic) bond motifs is 1. The summed E-state index contributed by atoms with van der Waals surface area (Å²) in [6.45, 7) is 13.1. The van der Waals surface area contributed by atoms with E-state index in [0.717, 1.165) is 10.8 Å². The van der Waals surface area contributed by atoms with Crippen LogP contribution in [-0.2, 0) is 16.7 Å². The van der Waals surface area contributed by atoms with Crippen molar-refractivity contribution in [3.8, 4) is 0 Å². The number of pyridine rings is 1. The lowest BCUT2D eigenvalue weighted by molar-refractivity contribution is -0.165. The van der Waals surface area contributed by atoms with Gasteiger partial charge in [-0.3, -0.25) is 4.98 Å². The molecule has 0 bridgehead atoms. The number of halogens is 3. The minimum absolute atomic E-state index is 0.00971. The third-order valence-electron chi connectivity index (χ3n) is 7.00. The number of aromatic nitrogens is 3. The van der Waals surface area contributed by atoms with E-state index in [1.165, 1.54) is 25.1 Å². The van der Waals surface area contributed by atoms with Gasteiger partial charge in [-0.25, -0.2) is 14.4 Å². The lowest BCUT2D eigenvalue weighted by Crippen LogP contribution is -2.47. The normalized spacial score (nSPS) is 14.6. The molecule has 3 aromatic rings. The number of nitrogens with one attached hydrogen (secondary N) is 1. The van der Waals surface area contributed by atoms with Gasteiger partial charge in [0.2, 0.25) is 0 Å². The van der Waals surface area contributed by atoms with Crippen LogP contribution in [0.5, 0.6) is 0 Å². The van der Waals surface area contributed by atoms with Gasteiger partial charge in [0.25, 0.3) is 0 Å². The van der Waals surface area contributed by atoms with Crippen LogP contribution in [0.15, 0.2) is 30.5 Å². The molecule has 1 N–H and O–H groups in total. The predicted molar refractivity (Wildman–Crippen MR) is 157 cm³/mol. The zero-order chi connectivity index (χ0) is 28.3. The molecule has 5 nitrogen and oxygen atoms in total. The van der Waals surface area contributed by atoms with Gasteiger partial charge in [0.15, 0.2) is 0 Å². The molecule has 2 heterocycles. The second-order valence-electron chi connectivity index (χ2n) is 10.1. The average Bonchev–Trinajstić information content (AvgIpc) is 2.87. The highest BCUT2D eigenvalue weighted by molar-refractivity contribution is 8.29. The zero-order valence-electron chi connectivity index (χ0n) is 23.7. The molecule has 2 aromatic heterocycles. The molecule has 1 unspecified atom stereocenters. The van der Waals surface area contributed by atoms with E-state index in [-0.39, 0.29) is 18.5 Å². The Hall–Kier alpha value is -1.96. The quantitative estimate of drug-likeness (QED) is 0.229. The molecule has 0 saturated carbocycles. The number of hydrogen-bond donors (Lipinski definition) is 1. The van der Waals surface area contributed by atoms with Crippen molar-refractivity contribution in [3.05, 3.63) is 53.2 Å². The number of alkyl halides is 2. The second-order valence-corrected chi connectivity index (χ2v) is 16.0. The molecule has 0 aliphatic rings. The minimum Gasteiger partial charge on any atom is -0.365 e. The number of benzene rings is 1. The Balaban J connectivity index is 1.98. The molecule has 0 aliphatic carbocycles. The topological polar surface area (TPSA) is 59.9 Å². The lowest BCUT2D eigenvalue weighted by atomic mass is 9.87. The Bertz CT molecular complexity index is 1270. The maximum Gasteiger partial charge on any atom is 0.305 e. The van der Waals surface area contributed by atoms with E-state index in [9.17, 15) is 0 Å². The lowest BCUT2D eigenvalue weighted by Gasteiger charge is -2.46. The van der Waals surface area contributed by atoms with Gasteiger partial charge >= 0.3 is 5.92 Å². The van der Waals surface area contributed by atoms with E-state index >= 15 is 13.2 Å². The van der Waals surface area contributed by atoms with Crippen molar-refractivity contribution in [2.24, 2.45) is 0 Å². The standard InChI is InChI=1S/C28H40F3N4OPS/c1-9-15-27(5,36-38(8,10-2)11-3)28(30,31)22-14-12-13-20(25(22)29)17-33-26-21-16-24(37(6)7)32-18-23(21)34-19(4)35-26/h12-14,16,18H,9-11,15,17H2,1-8H3,(H,33,34,35). The summed E-state index contributed by atoms with van der Waals surface area (Å²) < 4.78 is 54.4. The molecule has 1 aromatic carbocycles. The molecular weight excluding hydrogens is 528 g/mol. The Kier molecular flexibility index (Phi) is 9.70. The summed E-state index contributed by atoms with van der Waals surface area (Å²) >= 11 is 0. The van der Waals surface area contributed by atoms with E-state index in [4.69, 9.17) is 4.18 Å². The van der Waals surface area contributed by atoms with Crippen LogP contribution in [0, 0.1) is 12.7 Å². The highest BCUT2D eigenvalue weighted by Crippen LogP contribution is 2.56. The smallest absolute Gasteiger partial charge is 0.305 e. The van der Waals surface area contributed by atoms with Crippen molar-refractivity contribution >= 4 is 40.4 Å². The third kappa shape index (κ3) is 6.26. The second kappa shape index (κ2) is 12.1. The maximum absolute atomic E-state index is 16.2. The Labute approximate surface area is 227 Å². The third-order valence-corrected chi connectivity index (χ3v) is 11.4. The maximum atomic E-state index is 16.2. The molecule has 3 rings (SSSR count). The van der Waals surface area contributed by atoms with Gasteiger partial charge in [-0.15, -0.1) is 10.3 Å². The molecule has 10 heteroatoms. The van der Waals surface area contributed by atoms with E-state index in [1.54, 1.807) is 13.1 Å². The first-order chi connectivity index (χ1) is 17.8. The first kappa shape index (κ1) is 30.6. The highest BCUT2D eigenvalue weighted by Gasteiger charge is 2.55. The summed E-state index contributed by atoms with van der Waals surface area (Å²) in [5.74, 6) is -2.08. The van der Waals surface area contributed by atoms with Crippen LogP contribution in [0.1, 0.15) is 57.5 Å². The molecule has 0 spiro atoms. The van der Waals surface area contributed by atoms with E-state index < -0.39 is 41.1 Å². The molecule has 0 fully saturated rings. The van der Waals surface area contributed by atoms with Gasteiger partial charge in [0, 0.05) is 17.5 Å². The molecule has 0 saturated heterocycles. The predicted octanol–water partition coefficient (Wildman–Crippen LogP) is 7.51. The van der Waals surface area contributed by atoms with Crippen LogP contribution >= 0.6 is 18.2 Å². The number of hydrogen-bond acceptors (Lipinski definition) is 5. The fourth-order valence-electron chi connectivity index (χ4n) is 4.43. The van der Waals surface area contributed by atoms with Gasteiger partial charge in [-0.1, -0.05) is 47.2 Å². The van der Waals surface area contributed by atoms with Gasteiger partial charge in [0.1, 0.15) is 23.1 Å². The van der Waals surface area contributed by atoms with Gasteiger partial charge in [0.05, 0.1) is 22.7 Å². The number of rotatable bonds is 12. The SMILES string of the molecule is CCCC(C)(OS(C)(CC)CC)C(F)(F)c1cccc(CNc2nc(C)nc3cnc(P(C)C)cc23)c1F. The largest absolute Gasteiger partial charge is 0.365 e. The molecule has 210 valence electrons. The van der Waals surface area contributed by atoms with Crippen molar-refractivity contribution in [2.45, 2.75) is 65.5 Å². The van der Waals surface area contributed by atoms with Gasteiger partial charge < -0.3 is 9.50 Å². The van der Waals surface area contributed by atoms with Gasteiger partial charge in [-0.2, -0.15) is 8.78 Å². The van der Waals surface area contributed by atoms with Crippen molar-refractivity contribution in [1.82, 2.24) is 15.0 Å². The Morgan fingerprint density at radius 2 is 1.79 bits per heavy atom. The summed E-state index contributed by atoms with van der Waals surface area (Å²) in [6.07, 6.45) is 4.24.